The van der Waals surface area contributed by atoms with Crippen LogP contribution in [0.4, 0.5) is 8.78 Å². The molecule has 0 aliphatic heterocycles. The number of sulfone groups is 1. The van der Waals surface area contributed by atoms with Gasteiger partial charge in [-0.15, -0.1) is 0 Å². The van der Waals surface area contributed by atoms with Gasteiger partial charge in [0.2, 0.25) is 0 Å². The number of hydrogen-bond donors (Lipinski definition) is 1. The summed E-state index contributed by atoms with van der Waals surface area (Å²) in [6.07, 6.45) is 0.593. The molecule has 0 amide bonds. The first-order valence-electron chi connectivity index (χ1n) is 5.36. The molecule has 7 heteroatoms. The van der Waals surface area contributed by atoms with Gasteiger partial charge in [-0.05, 0) is 38.0 Å². The molecule has 0 heterocycles. The smallest absolute Gasteiger partial charge is 0.309 e. The number of hydrogen-bond acceptors (Lipinski definition) is 3. The maximum absolute atomic E-state index is 13.6. The van der Waals surface area contributed by atoms with Gasteiger partial charge >= 0.3 is 5.97 Å². The summed E-state index contributed by atoms with van der Waals surface area (Å²) in [5, 5.41) is 8.94. The fraction of sp³-hybridized carbons (Fsp3) is 0.417. The van der Waals surface area contributed by atoms with Gasteiger partial charge in [0.05, 0.1) is 5.41 Å². The topological polar surface area (TPSA) is 71.4 Å². The van der Waals surface area contributed by atoms with E-state index in [1.165, 1.54) is 13.8 Å². The van der Waals surface area contributed by atoms with Crippen LogP contribution in [-0.2, 0) is 21.1 Å². The summed E-state index contributed by atoms with van der Waals surface area (Å²) >= 11 is 0. The number of aliphatic carboxylic acids is 1. The summed E-state index contributed by atoms with van der Waals surface area (Å²) in [6, 6.07) is 1.70. The van der Waals surface area contributed by atoms with Crippen molar-refractivity contribution in [2.75, 3.05) is 6.26 Å². The van der Waals surface area contributed by atoms with Crippen molar-refractivity contribution in [2.45, 2.75) is 25.2 Å². The van der Waals surface area contributed by atoms with Crippen LogP contribution in [-0.4, -0.2) is 25.7 Å². The van der Waals surface area contributed by atoms with Crippen LogP contribution in [0.3, 0.4) is 0 Å². The molecule has 0 spiro atoms. The van der Waals surface area contributed by atoms with E-state index in [0.29, 0.717) is 6.26 Å². The third kappa shape index (κ3) is 3.50. The largest absolute Gasteiger partial charge is 0.481 e. The van der Waals surface area contributed by atoms with Crippen molar-refractivity contribution in [1.82, 2.24) is 0 Å². The molecule has 0 aliphatic carbocycles. The van der Waals surface area contributed by atoms with Crippen LogP contribution < -0.4 is 0 Å². The van der Waals surface area contributed by atoms with E-state index in [-0.39, 0.29) is 12.0 Å². The monoisotopic (exact) mass is 292 g/mol. The molecule has 0 fully saturated rings. The molecule has 1 N–H and O–H groups in total. The molecule has 0 saturated heterocycles. The summed E-state index contributed by atoms with van der Waals surface area (Å²) in [6.45, 7) is 2.82. The van der Waals surface area contributed by atoms with Crippen molar-refractivity contribution >= 4 is 15.8 Å². The Hall–Kier alpha value is -1.50. The van der Waals surface area contributed by atoms with E-state index < -0.39 is 37.8 Å². The fourth-order valence-electron chi connectivity index (χ4n) is 1.65. The molecule has 0 saturated carbocycles. The molecule has 106 valence electrons. The van der Waals surface area contributed by atoms with Crippen LogP contribution in [0, 0.1) is 17.0 Å². The molecule has 0 aromatic heterocycles. The molecule has 1 aromatic carbocycles. The highest BCUT2D eigenvalue weighted by atomic mass is 32.2. The van der Waals surface area contributed by atoms with E-state index in [0.717, 1.165) is 12.1 Å². The second-order valence-electron chi connectivity index (χ2n) is 5.03. The summed E-state index contributed by atoms with van der Waals surface area (Å²) in [7, 11) is -4.01. The first-order valence-corrected chi connectivity index (χ1v) is 7.25. The maximum atomic E-state index is 13.6. The predicted octanol–water partition coefficient (Wildman–Crippen LogP) is 2.02. The van der Waals surface area contributed by atoms with E-state index in [1.54, 1.807) is 0 Å². The SMILES string of the molecule is CC(C)(Cc1cc(F)c(S(C)(=O)=O)c(F)c1)C(=O)O. The second-order valence-corrected chi connectivity index (χ2v) is 6.98. The lowest BCUT2D eigenvalue weighted by atomic mass is 9.86. The highest BCUT2D eigenvalue weighted by Gasteiger charge is 2.29. The minimum absolute atomic E-state index is 0.0924. The Morgan fingerprint density at radius 3 is 2.00 bits per heavy atom. The molecule has 1 aromatic rings. The van der Waals surface area contributed by atoms with Gasteiger partial charge in [-0.2, -0.15) is 0 Å². The zero-order valence-electron chi connectivity index (χ0n) is 10.7. The molecule has 4 nitrogen and oxygen atoms in total. The summed E-state index contributed by atoms with van der Waals surface area (Å²) in [4.78, 5) is 9.94. The molecule has 1 rings (SSSR count). The van der Waals surface area contributed by atoms with Crippen molar-refractivity contribution in [3.8, 4) is 0 Å². The zero-order valence-corrected chi connectivity index (χ0v) is 11.5. The lowest BCUT2D eigenvalue weighted by molar-refractivity contribution is -0.146. The normalized spacial score (nSPS) is 12.5. The molecule has 0 radical (unpaired) electrons. The fourth-order valence-corrected chi connectivity index (χ4v) is 2.48. The highest BCUT2D eigenvalue weighted by molar-refractivity contribution is 7.90. The van der Waals surface area contributed by atoms with E-state index in [1.807, 2.05) is 0 Å². The molecule has 0 unspecified atom stereocenters. The quantitative estimate of drug-likeness (QED) is 0.921. The van der Waals surface area contributed by atoms with Crippen molar-refractivity contribution in [2.24, 2.45) is 5.41 Å². The van der Waals surface area contributed by atoms with E-state index in [2.05, 4.69) is 0 Å². The van der Waals surface area contributed by atoms with Gasteiger partial charge in [-0.1, -0.05) is 0 Å². The van der Waals surface area contributed by atoms with Crippen LogP contribution in [0.2, 0.25) is 0 Å². The zero-order chi connectivity index (χ0) is 15.0. The number of carboxylic acid groups (broad SMARTS) is 1. The number of carboxylic acids is 1. The van der Waals surface area contributed by atoms with Gasteiger partial charge < -0.3 is 5.11 Å². The Kier molecular flexibility index (Phi) is 4.00. The van der Waals surface area contributed by atoms with Gasteiger partial charge in [0.25, 0.3) is 0 Å². The lowest BCUT2D eigenvalue weighted by Gasteiger charge is -2.19. The molecule has 19 heavy (non-hydrogen) atoms. The van der Waals surface area contributed by atoms with E-state index in [9.17, 15) is 22.0 Å². The third-order valence-electron chi connectivity index (χ3n) is 2.65. The minimum Gasteiger partial charge on any atom is -0.481 e. The Morgan fingerprint density at radius 1 is 1.26 bits per heavy atom. The predicted molar refractivity (Wildman–Crippen MR) is 64.6 cm³/mol. The van der Waals surface area contributed by atoms with Crippen molar-refractivity contribution in [3.63, 3.8) is 0 Å². The maximum Gasteiger partial charge on any atom is 0.309 e. The van der Waals surface area contributed by atoms with Crippen LogP contribution in [0.1, 0.15) is 19.4 Å². The van der Waals surface area contributed by atoms with E-state index >= 15 is 0 Å². The number of benzene rings is 1. The standard InChI is InChI=1S/C12H14F2O4S/c1-12(2,11(15)16)6-7-4-8(13)10(9(14)5-7)19(3,17)18/h4-5H,6H2,1-3H3,(H,15,16). The molecule has 0 atom stereocenters. The van der Waals surface area contributed by atoms with Crippen molar-refractivity contribution in [3.05, 3.63) is 29.3 Å². The van der Waals surface area contributed by atoms with Crippen LogP contribution in [0.15, 0.2) is 17.0 Å². The average Bonchev–Trinajstić information content (AvgIpc) is 2.11. The van der Waals surface area contributed by atoms with E-state index in [4.69, 9.17) is 5.11 Å². The van der Waals surface area contributed by atoms with Crippen LogP contribution >= 0.6 is 0 Å². The Labute approximate surface area is 110 Å². The van der Waals surface area contributed by atoms with Crippen molar-refractivity contribution in [1.29, 1.82) is 0 Å². The average molecular weight is 292 g/mol. The van der Waals surface area contributed by atoms with Crippen molar-refractivity contribution < 1.29 is 27.1 Å². The summed E-state index contributed by atoms with van der Waals surface area (Å²) in [5.74, 6) is -3.53. The first-order chi connectivity index (χ1) is 8.45. The van der Waals surface area contributed by atoms with Crippen LogP contribution in [0.25, 0.3) is 0 Å². The summed E-state index contributed by atoms with van der Waals surface area (Å²) < 4.78 is 49.6. The number of halogens is 2. The first kappa shape index (κ1) is 15.6. The molecular weight excluding hydrogens is 278 g/mol. The van der Waals surface area contributed by atoms with Crippen LogP contribution in [0.5, 0.6) is 0 Å². The van der Waals surface area contributed by atoms with Gasteiger partial charge in [-0.3, -0.25) is 4.79 Å². The summed E-state index contributed by atoms with van der Waals surface area (Å²) in [5.41, 5.74) is -1.11. The third-order valence-corrected chi connectivity index (χ3v) is 3.79. The molecule has 0 aliphatic rings. The second kappa shape index (κ2) is 4.88. The number of rotatable bonds is 4. The molecular formula is C12H14F2O4S. The van der Waals surface area contributed by atoms with Gasteiger partial charge in [0, 0.05) is 6.26 Å². The Morgan fingerprint density at radius 2 is 1.68 bits per heavy atom. The molecule has 0 bridgehead atoms. The lowest BCUT2D eigenvalue weighted by Crippen LogP contribution is -2.26. The Balaban J connectivity index is 3.27. The Bertz CT molecular complexity index is 598. The highest BCUT2D eigenvalue weighted by Crippen LogP contribution is 2.26. The van der Waals surface area contributed by atoms with Gasteiger partial charge in [-0.25, -0.2) is 17.2 Å². The van der Waals surface area contributed by atoms with Gasteiger partial charge in [0.1, 0.15) is 16.5 Å². The van der Waals surface area contributed by atoms with Gasteiger partial charge in [0.15, 0.2) is 9.84 Å². The number of carbonyl (C=O) groups is 1. The minimum atomic E-state index is -4.01.